The molecule has 2 N–H and O–H groups in total. The number of aryl methyl sites for hydroxylation is 1. The van der Waals surface area contributed by atoms with Crippen LogP contribution in [0.5, 0.6) is 0 Å². The predicted molar refractivity (Wildman–Crippen MR) is 79.2 cm³/mol. The van der Waals surface area contributed by atoms with Crippen molar-refractivity contribution in [3.8, 4) is 0 Å². The van der Waals surface area contributed by atoms with E-state index in [1.807, 2.05) is 49.4 Å². The van der Waals surface area contributed by atoms with Crippen LogP contribution in [0.1, 0.15) is 27.0 Å². The first-order valence-corrected chi connectivity index (χ1v) is 6.26. The van der Waals surface area contributed by atoms with E-state index in [0.717, 1.165) is 28.8 Å². The van der Waals surface area contributed by atoms with E-state index in [1.165, 1.54) is 0 Å². The minimum absolute atomic E-state index is 0.431. The van der Waals surface area contributed by atoms with Gasteiger partial charge in [0.2, 0.25) is 0 Å². The Labute approximate surface area is 118 Å². The van der Waals surface area contributed by atoms with Gasteiger partial charge in [-0.15, -0.1) is 0 Å². The molecule has 0 bridgehead atoms. The molecule has 98 valence electrons. The average Bonchev–Trinajstić information content (AvgIpc) is 2.42. The Morgan fingerprint density at radius 3 is 2.42 bits per heavy atom. The number of hydrogen-bond donors (Lipinski definition) is 2. The maximum Gasteiger partial charge on any atom is 0.350 e. The Bertz CT molecular complexity index is 594. The molecule has 3 nitrogen and oxygen atoms in total. The van der Waals surface area contributed by atoms with Crippen molar-refractivity contribution in [3.05, 3.63) is 64.7 Å². The lowest BCUT2D eigenvalue weighted by Gasteiger charge is -2.07. The van der Waals surface area contributed by atoms with Gasteiger partial charge in [-0.05, 0) is 48.2 Å². The quantitative estimate of drug-likeness (QED) is 0.513. The molecule has 0 aliphatic rings. The van der Waals surface area contributed by atoms with Crippen molar-refractivity contribution in [2.24, 2.45) is 0 Å². The van der Waals surface area contributed by atoms with Gasteiger partial charge >= 0.3 is 5.97 Å². The SMILES string of the molecule is Cc1ccc(Cc2ccc(N)cc2)cc1C(=O)OS. The predicted octanol–water partition coefficient (Wildman–Crippen LogP) is 3.17. The summed E-state index contributed by atoms with van der Waals surface area (Å²) in [7, 11) is 0. The number of rotatable bonds is 3. The van der Waals surface area contributed by atoms with Crippen molar-refractivity contribution in [3.63, 3.8) is 0 Å². The molecule has 0 radical (unpaired) electrons. The van der Waals surface area contributed by atoms with Gasteiger partial charge in [-0.3, -0.25) is 0 Å². The molecule has 0 aliphatic heterocycles. The molecule has 0 unspecified atom stereocenters. The van der Waals surface area contributed by atoms with Crippen LogP contribution in [-0.2, 0) is 10.6 Å². The molecular weight excluding hydrogens is 258 g/mol. The summed E-state index contributed by atoms with van der Waals surface area (Å²) in [6.45, 7) is 1.87. The number of carbonyl (C=O) groups excluding carboxylic acids is 1. The van der Waals surface area contributed by atoms with Crippen molar-refractivity contribution in [1.29, 1.82) is 0 Å². The van der Waals surface area contributed by atoms with E-state index in [2.05, 4.69) is 17.1 Å². The molecule has 0 aliphatic carbocycles. The van der Waals surface area contributed by atoms with Gasteiger partial charge in [0, 0.05) is 18.6 Å². The van der Waals surface area contributed by atoms with E-state index in [1.54, 1.807) is 0 Å². The van der Waals surface area contributed by atoms with Gasteiger partial charge in [0.15, 0.2) is 0 Å². The van der Waals surface area contributed by atoms with Crippen LogP contribution in [0.25, 0.3) is 0 Å². The largest absolute Gasteiger partial charge is 0.399 e. The number of nitrogen functional groups attached to an aromatic ring is 1. The lowest BCUT2D eigenvalue weighted by Crippen LogP contribution is -2.02. The summed E-state index contributed by atoms with van der Waals surface area (Å²) in [5.41, 5.74) is 10.0. The third kappa shape index (κ3) is 3.29. The van der Waals surface area contributed by atoms with Gasteiger partial charge in [0.25, 0.3) is 0 Å². The molecule has 0 heterocycles. The fraction of sp³-hybridized carbons (Fsp3) is 0.133. The molecule has 2 rings (SSSR count). The zero-order valence-electron chi connectivity index (χ0n) is 10.6. The summed E-state index contributed by atoms with van der Waals surface area (Å²) in [6.07, 6.45) is 0.743. The van der Waals surface area contributed by atoms with Crippen molar-refractivity contribution in [1.82, 2.24) is 0 Å². The van der Waals surface area contributed by atoms with Crippen LogP contribution >= 0.6 is 12.9 Å². The maximum atomic E-state index is 11.6. The molecule has 0 saturated carbocycles. The number of carbonyl (C=O) groups is 1. The monoisotopic (exact) mass is 273 g/mol. The topological polar surface area (TPSA) is 52.3 Å². The van der Waals surface area contributed by atoms with Crippen LogP contribution in [0.4, 0.5) is 5.69 Å². The van der Waals surface area contributed by atoms with Crippen molar-refractivity contribution >= 4 is 24.6 Å². The van der Waals surface area contributed by atoms with Crippen molar-refractivity contribution < 1.29 is 8.98 Å². The number of nitrogens with two attached hydrogens (primary N) is 1. The molecule has 0 amide bonds. The number of benzene rings is 2. The highest BCUT2D eigenvalue weighted by molar-refractivity contribution is 7.75. The molecule has 19 heavy (non-hydrogen) atoms. The zero-order chi connectivity index (χ0) is 13.8. The van der Waals surface area contributed by atoms with Gasteiger partial charge in [-0.1, -0.05) is 24.3 Å². The van der Waals surface area contributed by atoms with E-state index in [9.17, 15) is 4.79 Å². The summed E-state index contributed by atoms with van der Waals surface area (Å²) in [5, 5.41) is 0. The molecule has 0 spiro atoms. The van der Waals surface area contributed by atoms with Crippen LogP contribution in [0.3, 0.4) is 0 Å². The third-order valence-corrected chi connectivity index (χ3v) is 3.16. The van der Waals surface area contributed by atoms with E-state index in [4.69, 9.17) is 5.73 Å². The van der Waals surface area contributed by atoms with Gasteiger partial charge in [-0.2, -0.15) is 0 Å². The standard InChI is InChI=1S/C15H15NO2S/c1-10-2-3-12(9-14(10)15(17)18-19)8-11-4-6-13(16)7-5-11/h2-7,9,19H,8,16H2,1H3. The lowest BCUT2D eigenvalue weighted by atomic mass is 10.00. The number of anilines is 1. The molecule has 0 fully saturated rings. The van der Waals surface area contributed by atoms with Crippen molar-refractivity contribution in [2.75, 3.05) is 5.73 Å². The highest BCUT2D eigenvalue weighted by Crippen LogP contribution is 2.17. The minimum Gasteiger partial charge on any atom is -0.399 e. The van der Waals surface area contributed by atoms with E-state index < -0.39 is 5.97 Å². The zero-order valence-corrected chi connectivity index (χ0v) is 11.5. The van der Waals surface area contributed by atoms with E-state index in [-0.39, 0.29) is 0 Å². The fourth-order valence-electron chi connectivity index (χ4n) is 1.92. The molecule has 0 saturated heterocycles. The Kier molecular flexibility index (Phi) is 4.12. The van der Waals surface area contributed by atoms with Gasteiger partial charge < -0.3 is 9.92 Å². The minimum atomic E-state index is -0.431. The second-order valence-corrected chi connectivity index (χ2v) is 4.63. The summed E-state index contributed by atoms with van der Waals surface area (Å²) < 4.78 is 4.48. The summed E-state index contributed by atoms with van der Waals surface area (Å²) in [4.78, 5) is 11.6. The van der Waals surface area contributed by atoms with Crippen LogP contribution in [-0.4, -0.2) is 5.97 Å². The highest BCUT2D eigenvalue weighted by atomic mass is 32.1. The number of thiol groups is 1. The first-order valence-electron chi connectivity index (χ1n) is 5.90. The van der Waals surface area contributed by atoms with Gasteiger partial charge in [-0.25, -0.2) is 4.79 Å². The molecule has 2 aromatic carbocycles. The molecule has 0 atom stereocenters. The summed E-state index contributed by atoms with van der Waals surface area (Å²) >= 11 is 3.56. The number of hydrogen-bond acceptors (Lipinski definition) is 4. The maximum absolute atomic E-state index is 11.6. The fourth-order valence-corrected chi connectivity index (χ4v) is 2.02. The van der Waals surface area contributed by atoms with Gasteiger partial charge in [0.05, 0.1) is 5.56 Å². The highest BCUT2D eigenvalue weighted by Gasteiger charge is 2.10. The lowest BCUT2D eigenvalue weighted by molar-refractivity contribution is 0.0771. The van der Waals surface area contributed by atoms with Crippen LogP contribution in [0.15, 0.2) is 42.5 Å². The first kappa shape index (κ1) is 13.5. The Morgan fingerprint density at radius 1 is 1.16 bits per heavy atom. The van der Waals surface area contributed by atoms with Crippen LogP contribution in [0, 0.1) is 6.92 Å². The Hall–Kier alpha value is -1.94. The molecule has 2 aromatic rings. The van der Waals surface area contributed by atoms with Gasteiger partial charge in [0.1, 0.15) is 0 Å². The normalized spacial score (nSPS) is 10.2. The van der Waals surface area contributed by atoms with Crippen LogP contribution < -0.4 is 5.73 Å². The smallest absolute Gasteiger partial charge is 0.350 e. The van der Waals surface area contributed by atoms with Crippen LogP contribution in [0.2, 0.25) is 0 Å². The second kappa shape index (κ2) is 5.80. The van der Waals surface area contributed by atoms with E-state index >= 15 is 0 Å². The molecular formula is C15H15NO2S. The van der Waals surface area contributed by atoms with Crippen molar-refractivity contribution in [2.45, 2.75) is 13.3 Å². The Balaban J connectivity index is 2.26. The summed E-state index contributed by atoms with van der Waals surface area (Å²) in [5.74, 6) is -0.431. The summed E-state index contributed by atoms with van der Waals surface area (Å²) in [6, 6.07) is 13.4. The third-order valence-electron chi connectivity index (χ3n) is 2.99. The molecule has 4 heteroatoms. The first-order chi connectivity index (χ1) is 9.10. The average molecular weight is 273 g/mol. The second-order valence-electron chi connectivity index (χ2n) is 4.45. The Morgan fingerprint density at radius 2 is 1.79 bits per heavy atom. The molecule has 0 aromatic heterocycles. The van der Waals surface area contributed by atoms with E-state index in [0.29, 0.717) is 5.56 Å².